The van der Waals surface area contributed by atoms with Gasteiger partial charge in [0.15, 0.2) is 0 Å². The number of pyridine rings is 1. The van der Waals surface area contributed by atoms with E-state index in [9.17, 15) is 18.0 Å². The molecule has 1 saturated heterocycles. The molecule has 0 unspecified atom stereocenters. The van der Waals surface area contributed by atoms with E-state index in [0.29, 0.717) is 25.9 Å². The Balaban J connectivity index is 2.39. The number of anilines is 1. The molecule has 110 valence electrons. The van der Waals surface area contributed by atoms with Crippen LogP contribution in [-0.4, -0.2) is 30.0 Å². The van der Waals surface area contributed by atoms with Crippen LogP contribution in [-0.2, 0) is 6.18 Å². The lowest BCUT2D eigenvalue weighted by atomic mass is 10.1. The molecular formula is C12H15F3N4O. The number of nitrogens with zero attached hydrogens (tertiary/aromatic N) is 2. The Hall–Kier alpha value is -1.83. The third-order valence-corrected chi connectivity index (χ3v) is 3.27. The molecule has 2 rings (SSSR count). The van der Waals surface area contributed by atoms with Crippen molar-refractivity contribution in [2.24, 2.45) is 11.5 Å². The SMILES string of the molecule is NC(=O)c1ccc(C(F)(F)F)nc1N1CCC(N)CC1. The second-order valence-corrected chi connectivity index (χ2v) is 4.75. The fraction of sp³-hybridized carbons (Fsp3) is 0.500. The molecule has 0 atom stereocenters. The smallest absolute Gasteiger partial charge is 0.365 e. The summed E-state index contributed by atoms with van der Waals surface area (Å²) in [6, 6.07) is 1.86. The highest BCUT2D eigenvalue weighted by molar-refractivity contribution is 5.97. The Morgan fingerprint density at radius 3 is 2.40 bits per heavy atom. The number of carbonyl (C=O) groups excluding carboxylic acids is 1. The zero-order valence-corrected chi connectivity index (χ0v) is 10.7. The molecule has 2 heterocycles. The van der Waals surface area contributed by atoms with E-state index < -0.39 is 17.8 Å². The molecule has 0 aliphatic carbocycles. The summed E-state index contributed by atoms with van der Waals surface area (Å²) in [4.78, 5) is 16.5. The molecule has 0 aromatic carbocycles. The lowest BCUT2D eigenvalue weighted by Crippen LogP contribution is -2.41. The molecule has 0 radical (unpaired) electrons. The summed E-state index contributed by atoms with van der Waals surface area (Å²) in [5.41, 5.74) is 9.91. The van der Waals surface area contributed by atoms with Gasteiger partial charge < -0.3 is 16.4 Å². The maximum absolute atomic E-state index is 12.7. The van der Waals surface area contributed by atoms with Crippen molar-refractivity contribution in [2.75, 3.05) is 18.0 Å². The average molecular weight is 288 g/mol. The molecule has 1 fully saturated rings. The van der Waals surface area contributed by atoms with Gasteiger partial charge in [-0.05, 0) is 25.0 Å². The number of aromatic nitrogens is 1. The van der Waals surface area contributed by atoms with E-state index in [1.54, 1.807) is 4.90 Å². The van der Waals surface area contributed by atoms with Crippen LogP contribution in [0.5, 0.6) is 0 Å². The van der Waals surface area contributed by atoms with Gasteiger partial charge in [0.05, 0.1) is 5.56 Å². The Labute approximate surface area is 113 Å². The number of carbonyl (C=O) groups is 1. The number of nitrogens with two attached hydrogens (primary N) is 2. The van der Waals surface area contributed by atoms with Gasteiger partial charge >= 0.3 is 6.18 Å². The van der Waals surface area contributed by atoms with Gasteiger partial charge in [-0.2, -0.15) is 13.2 Å². The number of hydrogen-bond donors (Lipinski definition) is 2. The van der Waals surface area contributed by atoms with Gasteiger partial charge in [-0.1, -0.05) is 0 Å². The number of piperidine rings is 1. The summed E-state index contributed by atoms with van der Waals surface area (Å²) in [5.74, 6) is -0.810. The molecule has 0 saturated carbocycles. The highest BCUT2D eigenvalue weighted by Gasteiger charge is 2.34. The first-order chi connectivity index (χ1) is 9.29. The fourth-order valence-corrected chi connectivity index (χ4v) is 2.15. The van der Waals surface area contributed by atoms with Gasteiger partial charge in [0.2, 0.25) is 0 Å². The van der Waals surface area contributed by atoms with Crippen LogP contribution in [0.2, 0.25) is 0 Å². The molecule has 0 spiro atoms. The molecule has 1 aliphatic rings. The van der Waals surface area contributed by atoms with Crippen LogP contribution in [0.1, 0.15) is 28.9 Å². The molecule has 1 aromatic rings. The Kier molecular flexibility index (Phi) is 3.85. The number of primary amides is 1. The van der Waals surface area contributed by atoms with Crippen LogP contribution < -0.4 is 16.4 Å². The zero-order valence-electron chi connectivity index (χ0n) is 10.7. The Morgan fingerprint density at radius 2 is 1.90 bits per heavy atom. The van der Waals surface area contributed by atoms with Crippen molar-refractivity contribution in [3.8, 4) is 0 Å². The minimum absolute atomic E-state index is 0.00604. The highest BCUT2D eigenvalue weighted by Crippen LogP contribution is 2.31. The van der Waals surface area contributed by atoms with E-state index in [1.807, 2.05) is 0 Å². The van der Waals surface area contributed by atoms with Gasteiger partial charge in [-0.15, -0.1) is 0 Å². The first-order valence-corrected chi connectivity index (χ1v) is 6.17. The van der Waals surface area contributed by atoms with Crippen LogP contribution >= 0.6 is 0 Å². The van der Waals surface area contributed by atoms with Crippen LogP contribution in [0.15, 0.2) is 12.1 Å². The number of hydrogen-bond acceptors (Lipinski definition) is 4. The van der Waals surface area contributed by atoms with E-state index >= 15 is 0 Å². The predicted molar refractivity (Wildman–Crippen MR) is 67.2 cm³/mol. The normalized spacial score (nSPS) is 17.3. The van der Waals surface area contributed by atoms with Crippen molar-refractivity contribution in [3.05, 3.63) is 23.4 Å². The Morgan fingerprint density at radius 1 is 1.30 bits per heavy atom. The maximum Gasteiger partial charge on any atom is 0.433 e. The first kappa shape index (κ1) is 14.6. The van der Waals surface area contributed by atoms with E-state index in [-0.39, 0.29) is 17.4 Å². The van der Waals surface area contributed by atoms with E-state index in [0.717, 1.165) is 12.1 Å². The second kappa shape index (κ2) is 5.28. The molecule has 1 aromatic heterocycles. The molecule has 8 heteroatoms. The van der Waals surface area contributed by atoms with E-state index in [2.05, 4.69) is 4.98 Å². The lowest BCUT2D eigenvalue weighted by Gasteiger charge is -2.32. The third kappa shape index (κ3) is 3.01. The van der Waals surface area contributed by atoms with Crippen LogP contribution in [0, 0.1) is 0 Å². The predicted octanol–water partition coefficient (Wildman–Crippen LogP) is 1.13. The summed E-state index contributed by atoms with van der Waals surface area (Å²) in [6.45, 7) is 0.908. The average Bonchev–Trinajstić information content (AvgIpc) is 2.37. The van der Waals surface area contributed by atoms with Crippen LogP contribution in [0.25, 0.3) is 0 Å². The summed E-state index contributed by atoms with van der Waals surface area (Å²) in [5, 5.41) is 0. The first-order valence-electron chi connectivity index (χ1n) is 6.17. The maximum atomic E-state index is 12.7. The number of rotatable bonds is 2. The third-order valence-electron chi connectivity index (χ3n) is 3.27. The largest absolute Gasteiger partial charge is 0.433 e. The van der Waals surface area contributed by atoms with Gasteiger partial charge in [-0.25, -0.2) is 4.98 Å². The minimum Gasteiger partial charge on any atom is -0.365 e. The number of alkyl halides is 3. The van der Waals surface area contributed by atoms with Crippen molar-refractivity contribution in [2.45, 2.75) is 25.1 Å². The lowest BCUT2D eigenvalue weighted by molar-refractivity contribution is -0.141. The summed E-state index contributed by atoms with van der Waals surface area (Å²) in [7, 11) is 0. The molecule has 20 heavy (non-hydrogen) atoms. The number of halogens is 3. The van der Waals surface area contributed by atoms with Gasteiger partial charge in [-0.3, -0.25) is 4.79 Å². The van der Waals surface area contributed by atoms with Crippen LogP contribution in [0.3, 0.4) is 0 Å². The van der Waals surface area contributed by atoms with Crippen LogP contribution in [0.4, 0.5) is 19.0 Å². The van der Waals surface area contributed by atoms with Gasteiger partial charge in [0, 0.05) is 19.1 Å². The minimum atomic E-state index is -4.56. The van der Waals surface area contributed by atoms with Crippen molar-refractivity contribution in [1.29, 1.82) is 0 Å². The van der Waals surface area contributed by atoms with Crippen molar-refractivity contribution in [1.82, 2.24) is 4.98 Å². The quantitative estimate of drug-likeness (QED) is 0.854. The van der Waals surface area contributed by atoms with Crippen molar-refractivity contribution >= 4 is 11.7 Å². The topological polar surface area (TPSA) is 85.2 Å². The van der Waals surface area contributed by atoms with Crippen molar-refractivity contribution < 1.29 is 18.0 Å². The fourth-order valence-electron chi connectivity index (χ4n) is 2.15. The highest BCUT2D eigenvalue weighted by atomic mass is 19.4. The van der Waals surface area contributed by atoms with Gasteiger partial charge in [0.1, 0.15) is 11.5 Å². The zero-order chi connectivity index (χ0) is 14.9. The molecular weight excluding hydrogens is 273 g/mol. The van der Waals surface area contributed by atoms with E-state index in [1.165, 1.54) is 0 Å². The van der Waals surface area contributed by atoms with E-state index in [4.69, 9.17) is 11.5 Å². The Bertz CT molecular complexity index is 510. The number of amides is 1. The molecule has 1 aliphatic heterocycles. The van der Waals surface area contributed by atoms with Gasteiger partial charge in [0.25, 0.3) is 5.91 Å². The monoisotopic (exact) mass is 288 g/mol. The summed E-state index contributed by atoms with van der Waals surface area (Å²) < 4.78 is 38.1. The van der Waals surface area contributed by atoms with Crippen molar-refractivity contribution in [3.63, 3.8) is 0 Å². The molecule has 1 amide bonds. The standard InChI is InChI=1S/C12H15F3N4O/c13-12(14,15)9-2-1-8(10(17)20)11(18-9)19-5-3-7(16)4-6-19/h1-2,7H,3-6,16H2,(H2,17,20). The summed E-state index contributed by atoms with van der Waals surface area (Å²) >= 11 is 0. The molecule has 5 nitrogen and oxygen atoms in total. The second-order valence-electron chi connectivity index (χ2n) is 4.75. The molecule has 4 N–H and O–H groups in total. The molecule has 0 bridgehead atoms. The summed E-state index contributed by atoms with van der Waals surface area (Å²) in [6.07, 6.45) is -3.29.